The van der Waals surface area contributed by atoms with E-state index in [1.54, 1.807) is 0 Å². The molecule has 4 nitrogen and oxygen atoms in total. The van der Waals surface area contributed by atoms with Crippen molar-refractivity contribution in [2.24, 2.45) is 0 Å². The van der Waals surface area contributed by atoms with Gasteiger partial charge in [-0.1, -0.05) is 0 Å². The van der Waals surface area contributed by atoms with Gasteiger partial charge in [-0.2, -0.15) is 0 Å². The molecule has 0 amide bonds. The van der Waals surface area contributed by atoms with E-state index in [-0.39, 0.29) is 0 Å². The summed E-state index contributed by atoms with van der Waals surface area (Å²) in [5, 5.41) is 3.40. The van der Waals surface area contributed by atoms with Gasteiger partial charge in [-0.25, -0.2) is 0 Å². The highest BCUT2D eigenvalue weighted by Gasteiger charge is 2.29. The van der Waals surface area contributed by atoms with E-state index in [2.05, 4.69) is 17.3 Å². The van der Waals surface area contributed by atoms with Crippen molar-refractivity contribution in [3.63, 3.8) is 0 Å². The maximum absolute atomic E-state index is 5.68. The Morgan fingerprint density at radius 2 is 2.19 bits per heavy atom. The molecule has 4 heteroatoms. The molecule has 0 aromatic rings. The number of hydrogen-bond donors (Lipinski definition) is 1. The normalized spacial score (nSPS) is 35.8. The third-order valence-corrected chi connectivity index (χ3v) is 3.78. The van der Waals surface area contributed by atoms with Crippen LogP contribution in [0.5, 0.6) is 0 Å². The third-order valence-electron chi connectivity index (χ3n) is 3.78. The molecule has 2 fully saturated rings. The van der Waals surface area contributed by atoms with Gasteiger partial charge in [0.1, 0.15) is 0 Å². The fourth-order valence-electron chi connectivity index (χ4n) is 2.74. The van der Waals surface area contributed by atoms with E-state index in [0.717, 1.165) is 32.8 Å². The average molecular weight is 228 g/mol. The summed E-state index contributed by atoms with van der Waals surface area (Å²) in [6.07, 6.45) is 3.97. The second kappa shape index (κ2) is 5.96. The van der Waals surface area contributed by atoms with Crippen LogP contribution < -0.4 is 5.32 Å². The Hall–Kier alpha value is -0.160. The minimum absolute atomic E-state index is 0.435. The second-order valence-corrected chi connectivity index (χ2v) is 4.90. The summed E-state index contributed by atoms with van der Waals surface area (Å²) in [6.45, 7) is 3.70. The van der Waals surface area contributed by atoms with Crippen molar-refractivity contribution >= 4 is 0 Å². The molecule has 3 atom stereocenters. The number of likely N-dealkylation sites (N-methyl/N-ethyl adjacent to an activating group) is 2. The monoisotopic (exact) mass is 228 g/mol. The fraction of sp³-hybridized carbons (Fsp3) is 1.00. The highest BCUT2D eigenvalue weighted by molar-refractivity contribution is 4.86. The molecule has 0 saturated carbocycles. The highest BCUT2D eigenvalue weighted by Crippen LogP contribution is 2.17. The Labute approximate surface area is 98.3 Å². The molecule has 2 aliphatic heterocycles. The molecule has 1 N–H and O–H groups in total. The number of hydrogen-bond acceptors (Lipinski definition) is 4. The smallest absolute Gasteiger partial charge is 0.0702 e. The van der Waals surface area contributed by atoms with Crippen LogP contribution in [0.15, 0.2) is 0 Å². The molecule has 0 spiro atoms. The van der Waals surface area contributed by atoms with Crippen LogP contribution in [0.4, 0.5) is 0 Å². The number of nitrogens with zero attached hydrogens (tertiary/aromatic N) is 1. The summed E-state index contributed by atoms with van der Waals surface area (Å²) >= 11 is 0. The van der Waals surface area contributed by atoms with Crippen LogP contribution in [-0.4, -0.2) is 63.5 Å². The van der Waals surface area contributed by atoms with Gasteiger partial charge in [-0.15, -0.1) is 0 Å². The minimum atomic E-state index is 0.435. The van der Waals surface area contributed by atoms with Crippen LogP contribution in [0.25, 0.3) is 0 Å². The van der Waals surface area contributed by atoms with E-state index in [9.17, 15) is 0 Å². The summed E-state index contributed by atoms with van der Waals surface area (Å²) in [7, 11) is 4.23. The first-order valence-corrected chi connectivity index (χ1v) is 6.38. The van der Waals surface area contributed by atoms with E-state index in [1.807, 2.05) is 7.05 Å². The first-order chi connectivity index (χ1) is 7.81. The summed E-state index contributed by atoms with van der Waals surface area (Å²) in [5.41, 5.74) is 0. The molecule has 2 aliphatic rings. The Morgan fingerprint density at radius 3 is 2.88 bits per heavy atom. The lowest BCUT2D eigenvalue weighted by atomic mass is 10.0. The van der Waals surface area contributed by atoms with Crippen molar-refractivity contribution in [2.45, 2.75) is 37.5 Å². The predicted octanol–water partition coefficient (Wildman–Crippen LogP) is 0.474. The van der Waals surface area contributed by atoms with Gasteiger partial charge < -0.3 is 14.8 Å². The Bertz CT molecular complexity index is 207. The molecular weight excluding hydrogens is 204 g/mol. The van der Waals surface area contributed by atoms with Crippen LogP contribution in [0, 0.1) is 0 Å². The zero-order valence-corrected chi connectivity index (χ0v) is 10.4. The molecular formula is C12H24N2O2. The highest BCUT2D eigenvalue weighted by atomic mass is 16.5. The summed E-state index contributed by atoms with van der Waals surface area (Å²) in [4.78, 5) is 2.40. The number of ether oxygens (including phenoxy) is 2. The van der Waals surface area contributed by atoms with E-state index in [4.69, 9.17) is 9.47 Å². The van der Waals surface area contributed by atoms with Crippen molar-refractivity contribution in [1.29, 1.82) is 0 Å². The van der Waals surface area contributed by atoms with Gasteiger partial charge in [-0.05, 0) is 33.4 Å². The molecule has 3 unspecified atom stereocenters. The third kappa shape index (κ3) is 2.94. The molecule has 0 aromatic heterocycles. The first kappa shape index (κ1) is 12.3. The zero-order valence-electron chi connectivity index (χ0n) is 10.4. The molecule has 16 heavy (non-hydrogen) atoms. The Kier molecular flexibility index (Phi) is 4.58. The predicted molar refractivity (Wildman–Crippen MR) is 63.7 cm³/mol. The maximum atomic E-state index is 5.68. The van der Waals surface area contributed by atoms with Crippen molar-refractivity contribution < 1.29 is 9.47 Å². The molecule has 94 valence electrons. The number of rotatable bonds is 4. The van der Waals surface area contributed by atoms with Crippen molar-refractivity contribution in [3.8, 4) is 0 Å². The van der Waals surface area contributed by atoms with Crippen LogP contribution in [0.2, 0.25) is 0 Å². The van der Waals surface area contributed by atoms with Crippen LogP contribution in [-0.2, 0) is 9.47 Å². The van der Waals surface area contributed by atoms with Crippen LogP contribution in [0.3, 0.4) is 0 Å². The molecule has 0 aromatic carbocycles. The van der Waals surface area contributed by atoms with Gasteiger partial charge in [0, 0.05) is 31.8 Å². The maximum Gasteiger partial charge on any atom is 0.0702 e. The minimum Gasteiger partial charge on any atom is -0.380 e. The SMILES string of the molecule is CNC1CCOCC1N(C)CC1CCCO1. The molecule has 2 heterocycles. The van der Waals surface area contributed by atoms with Gasteiger partial charge in [0.05, 0.1) is 12.7 Å². The van der Waals surface area contributed by atoms with Crippen molar-refractivity contribution in [3.05, 3.63) is 0 Å². The molecule has 0 aliphatic carbocycles. The molecule has 0 radical (unpaired) electrons. The summed E-state index contributed by atoms with van der Waals surface area (Å²) in [5.74, 6) is 0. The van der Waals surface area contributed by atoms with E-state index < -0.39 is 0 Å². The zero-order chi connectivity index (χ0) is 11.4. The Balaban J connectivity index is 1.83. The molecule has 0 bridgehead atoms. The van der Waals surface area contributed by atoms with E-state index >= 15 is 0 Å². The van der Waals surface area contributed by atoms with Crippen molar-refractivity contribution in [1.82, 2.24) is 10.2 Å². The lowest BCUT2D eigenvalue weighted by molar-refractivity contribution is -0.0106. The average Bonchev–Trinajstić information content (AvgIpc) is 2.81. The lowest BCUT2D eigenvalue weighted by Crippen LogP contribution is -2.54. The summed E-state index contributed by atoms with van der Waals surface area (Å²) in [6, 6.07) is 1.04. The van der Waals surface area contributed by atoms with E-state index in [0.29, 0.717) is 18.2 Å². The van der Waals surface area contributed by atoms with Crippen LogP contribution >= 0.6 is 0 Å². The quantitative estimate of drug-likeness (QED) is 0.758. The van der Waals surface area contributed by atoms with Crippen LogP contribution in [0.1, 0.15) is 19.3 Å². The largest absolute Gasteiger partial charge is 0.380 e. The fourth-order valence-corrected chi connectivity index (χ4v) is 2.74. The second-order valence-electron chi connectivity index (χ2n) is 4.90. The van der Waals surface area contributed by atoms with Gasteiger partial charge >= 0.3 is 0 Å². The van der Waals surface area contributed by atoms with Crippen molar-refractivity contribution in [2.75, 3.05) is 40.5 Å². The number of nitrogens with one attached hydrogen (secondary N) is 1. The van der Waals surface area contributed by atoms with Gasteiger partial charge in [0.25, 0.3) is 0 Å². The standard InChI is InChI=1S/C12H24N2O2/c1-13-11-5-7-15-9-12(11)14(2)8-10-4-3-6-16-10/h10-13H,3-9H2,1-2H3. The molecule has 2 rings (SSSR count). The molecule has 2 saturated heterocycles. The Morgan fingerprint density at radius 1 is 1.31 bits per heavy atom. The van der Waals surface area contributed by atoms with Gasteiger partial charge in [0.15, 0.2) is 0 Å². The topological polar surface area (TPSA) is 33.7 Å². The van der Waals surface area contributed by atoms with Gasteiger partial charge in [0.2, 0.25) is 0 Å². The van der Waals surface area contributed by atoms with Gasteiger partial charge in [-0.3, -0.25) is 4.90 Å². The summed E-state index contributed by atoms with van der Waals surface area (Å²) < 4.78 is 11.3. The first-order valence-electron chi connectivity index (χ1n) is 6.38. The lowest BCUT2D eigenvalue weighted by Gasteiger charge is -2.38. The van der Waals surface area contributed by atoms with E-state index in [1.165, 1.54) is 12.8 Å².